The van der Waals surface area contributed by atoms with E-state index in [1.165, 1.54) is 5.56 Å². The molecular weight excluding hydrogens is 254 g/mol. The van der Waals surface area contributed by atoms with E-state index >= 15 is 0 Å². The Labute approximate surface area is 117 Å². The lowest BCUT2D eigenvalue weighted by Crippen LogP contribution is -2.36. The van der Waals surface area contributed by atoms with E-state index in [1.807, 2.05) is 27.9 Å². The maximum atomic E-state index is 12.3. The first kappa shape index (κ1) is 12.5. The molecule has 0 spiro atoms. The van der Waals surface area contributed by atoms with Crippen molar-refractivity contribution in [3.05, 3.63) is 58.9 Å². The third-order valence-corrected chi connectivity index (χ3v) is 5.57. The first-order valence-corrected chi connectivity index (χ1v) is 8.30. The summed E-state index contributed by atoms with van der Waals surface area (Å²) in [6.45, 7) is 1.80. The summed E-state index contributed by atoms with van der Waals surface area (Å²) in [5.74, 6) is 0.618. The fourth-order valence-electron chi connectivity index (χ4n) is 2.75. The van der Waals surface area contributed by atoms with Gasteiger partial charge in [0.15, 0.2) is 0 Å². The first-order chi connectivity index (χ1) is 9.34. The van der Waals surface area contributed by atoms with E-state index in [2.05, 4.69) is 30.3 Å². The Balaban J connectivity index is 1.59. The van der Waals surface area contributed by atoms with Crippen molar-refractivity contribution in [2.45, 2.75) is 18.8 Å². The molecule has 2 aliphatic heterocycles. The van der Waals surface area contributed by atoms with Gasteiger partial charge in [0.2, 0.25) is 0 Å². The van der Waals surface area contributed by atoms with E-state index in [0.717, 1.165) is 25.9 Å². The quantitative estimate of drug-likeness (QED) is 0.766. The van der Waals surface area contributed by atoms with Gasteiger partial charge in [-0.25, -0.2) is 0 Å². The topological polar surface area (TPSA) is 20.3 Å². The molecule has 0 radical (unpaired) electrons. The van der Waals surface area contributed by atoms with E-state index < -0.39 is 10.9 Å². The van der Waals surface area contributed by atoms with Crippen molar-refractivity contribution >= 4 is 16.1 Å². The molecule has 100 valence electrons. The van der Waals surface area contributed by atoms with Crippen LogP contribution in [0, 0.1) is 0 Å². The van der Waals surface area contributed by atoms with Gasteiger partial charge in [0.25, 0.3) is 5.24 Å². The third kappa shape index (κ3) is 2.76. The Hall–Kier alpha value is -1.48. The van der Waals surface area contributed by atoms with Crippen LogP contribution in [0.5, 0.6) is 0 Å². The summed E-state index contributed by atoms with van der Waals surface area (Å²) < 4.78 is 0. The summed E-state index contributed by atoms with van der Waals surface area (Å²) in [5.41, 5.74) is 1.42. The van der Waals surface area contributed by atoms with Gasteiger partial charge in [0.05, 0.1) is 0 Å². The normalized spacial score (nSPS) is 21.1. The molecule has 1 amide bonds. The van der Waals surface area contributed by atoms with Gasteiger partial charge in [0, 0.05) is 13.1 Å². The molecule has 0 saturated carbocycles. The monoisotopic (exact) mass is 273 g/mol. The molecule has 2 nitrogen and oxygen atoms in total. The molecule has 0 aliphatic carbocycles. The SMILES string of the molecule is O=C(N1CCC(c2ccccc2)CC1)[SH]1C=CC=C1. The number of rotatable bonds is 1. The Morgan fingerprint density at radius 2 is 1.68 bits per heavy atom. The first-order valence-electron chi connectivity index (χ1n) is 6.82. The lowest BCUT2D eigenvalue weighted by molar-refractivity contribution is 0.205. The third-order valence-electron chi connectivity index (χ3n) is 3.86. The van der Waals surface area contributed by atoms with Crippen LogP contribution < -0.4 is 0 Å². The Morgan fingerprint density at radius 3 is 2.32 bits per heavy atom. The summed E-state index contributed by atoms with van der Waals surface area (Å²) in [6, 6.07) is 10.7. The summed E-state index contributed by atoms with van der Waals surface area (Å²) in [4.78, 5) is 14.3. The van der Waals surface area contributed by atoms with Crippen LogP contribution in [0.1, 0.15) is 24.3 Å². The van der Waals surface area contributed by atoms with Crippen molar-refractivity contribution in [3.63, 3.8) is 0 Å². The predicted molar refractivity (Wildman–Crippen MR) is 82.7 cm³/mol. The molecule has 1 aromatic carbocycles. The summed E-state index contributed by atoms with van der Waals surface area (Å²) in [5, 5.41) is 4.41. The maximum Gasteiger partial charge on any atom is 0.268 e. The second-order valence-corrected chi connectivity index (χ2v) is 6.84. The zero-order valence-corrected chi connectivity index (χ0v) is 11.8. The molecule has 0 atom stereocenters. The Bertz CT molecular complexity index is 489. The molecule has 1 aromatic rings. The molecule has 0 bridgehead atoms. The van der Waals surface area contributed by atoms with Gasteiger partial charge < -0.3 is 4.90 Å². The molecule has 1 saturated heterocycles. The molecule has 19 heavy (non-hydrogen) atoms. The summed E-state index contributed by atoms with van der Waals surface area (Å²) in [7, 11) is -0.672. The fourth-order valence-corrected chi connectivity index (χ4v) is 4.21. The minimum Gasteiger partial charge on any atom is -0.335 e. The lowest BCUT2D eigenvalue weighted by Gasteiger charge is -2.33. The van der Waals surface area contributed by atoms with Gasteiger partial charge in [-0.1, -0.05) is 42.5 Å². The van der Waals surface area contributed by atoms with E-state index in [4.69, 9.17) is 0 Å². The minimum atomic E-state index is -0.672. The van der Waals surface area contributed by atoms with Crippen LogP contribution in [0.4, 0.5) is 4.79 Å². The standard InChI is InChI=1S/C16H19NOS/c18-16(19-12-4-5-13-19)17-10-8-15(9-11-17)14-6-2-1-3-7-14/h1-7,12-13,15,19H,8-11H2. The largest absolute Gasteiger partial charge is 0.335 e. The Morgan fingerprint density at radius 1 is 1.05 bits per heavy atom. The molecular formula is C16H19NOS. The van der Waals surface area contributed by atoms with Crippen molar-refractivity contribution in [2.75, 3.05) is 13.1 Å². The average molecular weight is 273 g/mol. The van der Waals surface area contributed by atoms with E-state index in [1.54, 1.807) is 0 Å². The number of hydrogen-bond donors (Lipinski definition) is 1. The van der Waals surface area contributed by atoms with Crippen LogP contribution in [-0.2, 0) is 0 Å². The number of piperidine rings is 1. The fraction of sp³-hybridized carbons (Fsp3) is 0.312. The van der Waals surface area contributed by atoms with Crippen molar-refractivity contribution in [3.8, 4) is 0 Å². The second-order valence-electron chi connectivity index (χ2n) is 5.04. The second kappa shape index (κ2) is 5.66. The summed E-state index contributed by atoms with van der Waals surface area (Å²) >= 11 is 0. The molecule has 0 unspecified atom stereocenters. The number of carbonyl (C=O) groups is 1. The van der Waals surface area contributed by atoms with Crippen molar-refractivity contribution in [2.24, 2.45) is 0 Å². The van der Waals surface area contributed by atoms with Crippen molar-refractivity contribution in [1.82, 2.24) is 4.90 Å². The molecule has 2 heterocycles. The highest BCUT2D eigenvalue weighted by Gasteiger charge is 2.25. The predicted octanol–water partition coefficient (Wildman–Crippen LogP) is 4.03. The van der Waals surface area contributed by atoms with E-state index in [0.29, 0.717) is 11.2 Å². The van der Waals surface area contributed by atoms with Gasteiger partial charge in [-0.15, -0.1) is 10.9 Å². The molecule has 0 aromatic heterocycles. The smallest absolute Gasteiger partial charge is 0.268 e. The van der Waals surface area contributed by atoms with Crippen LogP contribution in [0.2, 0.25) is 0 Å². The van der Waals surface area contributed by atoms with Gasteiger partial charge in [-0.3, -0.25) is 4.79 Å². The lowest BCUT2D eigenvalue weighted by atomic mass is 9.90. The zero-order chi connectivity index (χ0) is 13.1. The van der Waals surface area contributed by atoms with Gasteiger partial charge in [-0.05, 0) is 35.1 Å². The zero-order valence-electron chi connectivity index (χ0n) is 10.9. The molecule has 2 aliphatic rings. The summed E-state index contributed by atoms with van der Waals surface area (Å²) in [6.07, 6.45) is 6.15. The van der Waals surface area contributed by atoms with E-state index in [-0.39, 0.29) is 0 Å². The number of likely N-dealkylation sites (tertiary alicyclic amines) is 1. The number of nitrogens with zero attached hydrogens (tertiary/aromatic N) is 1. The maximum absolute atomic E-state index is 12.3. The molecule has 3 heteroatoms. The Kier molecular flexibility index (Phi) is 3.74. The number of thiol groups is 1. The minimum absolute atomic E-state index is 0.325. The van der Waals surface area contributed by atoms with Crippen LogP contribution in [0.25, 0.3) is 0 Å². The van der Waals surface area contributed by atoms with Crippen LogP contribution in [0.15, 0.2) is 53.3 Å². The molecule has 1 fully saturated rings. The molecule has 0 N–H and O–H groups in total. The highest BCUT2D eigenvalue weighted by atomic mass is 32.2. The van der Waals surface area contributed by atoms with E-state index in [9.17, 15) is 4.79 Å². The number of allylic oxidation sites excluding steroid dienone is 2. The van der Waals surface area contributed by atoms with Crippen molar-refractivity contribution in [1.29, 1.82) is 0 Å². The molecule has 3 rings (SSSR count). The number of carbonyl (C=O) groups excluding carboxylic acids is 1. The number of benzene rings is 1. The van der Waals surface area contributed by atoms with Crippen LogP contribution >= 0.6 is 10.9 Å². The van der Waals surface area contributed by atoms with Gasteiger partial charge >= 0.3 is 0 Å². The number of amides is 1. The number of hydrogen-bond acceptors (Lipinski definition) is 1. The van der Waals surface area contributed by atoms with Crippen LogP contribution in [-0.4, -0.2) is 23.2 Å². The van der Waals surface area contributed by atoms with Gasteiger partial charge in [-0.2, -0.15) is 0 Å². The van der Waals surface area contributed by atoms with Crippen LogP contribution in [0.3, 0.4) is 0 Å². The highest BCUT2D eigenvalue weighted by molar-refractivity contribution is 8.34. The average Bonchev–Trinajstić information content (AvgIpc) is 3.02. The van der Waals surface area contributed by atoms with Crippen molar-refractivity contribution < 1.29 is 4.79 Å². The highest BCUT2D eigenvalue weighted by Crippen LogP contribution is 2.38. The van der Waals surface area contributed by atoms with Gasteiger partial charge in [0.1, 0.15) is 0 Å².